The number of aryl methyl sites for hydroxylation is 1. The third-order valence-electron chi connectivity index (χ3n) is 3.18. The van der Waals surface area contributed by atoms with Gasteiger partial charge in [-0.25, -0.2) is 0 Å². The average molecular weight is 294 g/mol. The molecule has 0 aromatic heterocycles. The van der Waals surface area contributed by atoms with Crippen LogP contribution >= 0.6 is 0 Å². The van der Waals surface area contributed by atoms with Crippen molar-refractivity contribution < 1.29 is 13.5 Å². The summed E-state index contributed by atoms with van der Waals surface area (Å²) in [4.78, 5) is 0. The van der Waals surface area contributed by atoms with Crippen LogP contribution in [0.25, 0.3) is 0 Å². The monoisotopic (exact) mass is 294 g/mol. The SMILES string of the molecule is Cc1cc(NS(=O)(=O)N2CCCC2)ccc1C#CCO. The predicted molar refractivity (Wildman–Crippen MR) is 78.5 cm³/mol. The van der Waals surface area contributed by atoms with Crippen molar-refractivity contribution in [2.45, 2.75) is 19.8 Å². The summed E-state index contributed by atoms with van der Waals surface area (Å²) < 4.78 is 28.3. The summed E-state index contributed by atoms with van der Waals surface area (Å²) in [6.07, 6.45) is 1.82. The van der Waals surface area contributed by atoms with E-state index in [2.05, 4.69) is 16.6 Å². The van der Waals surface area contributed by atoms with Crippen molar-refractivity contribution >= 4 is 15.9 Å². The summed E-state index contributed by atoms with van der Waals surface area (Å²) in [6, 6.07) is 5.18. The maximum atomic E-state index is 12.1. The molecule has 1 saturated heterocycles. The Labute approximate surface area is 119 Å². The van der Waals surface area contributed by atoms with Crippen LogP contribution in [0, 0.1) is 18.8 Å². The fraction of sp³-hybridized carbons (Fsp3) is 0.429. The van der Waals surface area contributed by atoms with E-state index in [0.29, 0.717) is 18.8 Å². The van der Waals surface area contributed by atoms with Crippen LogP contribution in [-0.2, 0) is 10.2 Å². The normalized spacial score (nSPS) is 15.7. The molecule has 0 spiro atoms. The van der Waals surface area contributed by atoms with Crippen molar-refractivity contribution in [3.63, 3.8) is 0 Å². The molecule has 0 radical (unpaired) electrons. The van der Waals surface area contributed by atoms with Gasteiger partial charge in [0.25, 0.3) is 0 Å². The minimum atomic E-state index is -3.45. The molecule has 1 aromatic carbocycles. The highest BCUT2D eigenvalue weighted by molar-refractivity contribution is 7.90. The lowest BCUT2D eigenvalue weighted by Crippen LogP contribution is -2.33. The Hall–Kier alpha value is -1.55. The van der Waals surface area contributed by atoms with Gasteiger partial charge in [0, 0.05) is 18.7 Å². The summed E-state index contributed by atoms with van der Waals surface area (Å²) in [5, 5.41) is 8.68. The van der Waals surface area contributed by atoms with Crippen LogP contribution in [0.1, 0.15) is 24.0 Å². The minimum Gasteiger partial charge on any atom is -0.384 e. The molecular formula is C14H18N2O3S. The fourth-order valence-corrected chi connectivity index (χ4v) is 3.44. The molecule has 0 unspecified atom stereocenters. The highest BCUT2D eigenvalue weighted by Crippen LogP contribution is 2.19. The van der Waals surface area contributed by atoms with E-state index in [1.807, 2.05) is 6.92 Å². The molecule has 2 rings (SSSR count). The van der Waals surface area contributed by atoms with Gasteiger partial charge in [0.1, 0.15) is 6.61 Å². The van der Waals surface area contributed by atoms with E-state index >= 15 is 0 Å². The Bertz CT molecular complexity index is 638. The molecule has 1 heterocycles. The van der Waals surface area contributed by atoms with Gasteiger partial charge in [-0.2, -0.15) is 12.7 Å². The van der Waals surface area contributed by atoms with Crippen LogP contribution in [0.3, 0.4) is 0 Å². The Balaban J connectivity index is 2.16. The van der Waals surface area contributed by atoms with Gasteiger partial charge in [0.2, 0.25) is 0 Å². The largest absolute Gasteiger partial charge is 0.384 e. The van der Waals surface area contributed by atoms with Gasteiger partial charge in [-0.15, -0.1) is 0 Å². The number of nitrogens with zero attached hydrogens (tertiary/aromatic N) is 1. The van der Waals surface area contributed by atoms with Gasteiger partial charge in [-0.05, 0) is 43.5 Å². The van der Waals surface area contributed by atoms with E-state index in [1.54, 1.807) is 18.2 Å². The first kappa shape index (κ1) is 14.9. The number of aliphatic hydroxyl groups excluding tert-OH is 1. The van der Waals surface area contributed by atoms with E-state index in [9.17, 15) is 8.42 Å². The van der Waals surface area contributed by atoms with Crippen LogP contribution in [0.4, 0.5) is 5.69 Å². The standard InChI is InChI=1S/C14H18N2O3S/c1-12-11-14(7-6-13(12)5-4-10-17)15-20(18,19)16-8-2-3-9-16/h6-7,11,15,17H,2-3,8-10H2,1H3. The van der Waals surface area contributed by atoms with E-state index in [0.717, 1.165) is 24.0 Å². The topological polar surface area (TPSA) is 69.6 Å². The third-order valence-corrected chi connectivity index (χ3v) is 4.72. The molecule has 1 aliphatic heterocycles. The predicted octanol–water partition coefficient (Wildman–Crippen LogP) is 1.09. The van der Waals surface area contributed by atoms with Crippen LogP contribution < -0.4 is 4.72 Å². The fourth-order valence-electron chi connectivity index (χ4n) is 2.14. The van der Waals surface area contributed by atoms with Crippen molar-refractivity contribution in [2.24, 2.45) is 0 Å². The Kier molecular flexibility index (Phi) is 4.65. The smallest absolute Gasteiger partial charge is 0.301 e. The summed E-state index contributed by atoms with van der Waals surface area (Å²) in [5.41, 5.74) is 2.18. The van der Waals surface area contributed by atoms with E-state index in [1.165, 1.54) is 4.31 Å². The Morgan fingerprint density at radius 1 is 1.35 bits per heavy atom. The van der Waals surface area contributed by atoms with Gasteiger partial charge in [0.15, 0.2) is 0 Å². The number of anilines is 1. The number of hydrogen-bond acceptors (Lipinski definition) is 3. The third kappa shape index (κ3) is 3.51. The lowest BCUT2D eigenvalue weighted by molar-refractivity contribution is 0.350. The van der Waals surface area contributed by atoms with Crippen LogP contribution in [-0.4, -0.2) is 37.5 Å². The number of rotatable bonds is 3. The van der Waals surface area contributed by atoms with E-state index in [-0.39, 0.29) is 6.61 Å². The second-order valence-electron chi connectivity index (χ2n) is 4.70. The van der Waals surface area contributed by atoms with Crippen molar-refractivity contribution in [3.05, 3.63) is 29.3 Å². The number of hydrogen-bond donors (Lipinski definition) is 2. The zero-order valence-electron chi connectivity index (χ0n) is 11.4. The molecule has 2 N–H and O–H groups in total. The molecule has 108 valence electrons. The molecule has 1 aromatic rings. The maximum absolute atomic E-state index is 12.1. The van der Waals surface area contributed by atoms with E-state index < -0.39 is 10.2 Å². The molecule has 1 aliphatic rings. The Morgan fingerprint density at radius 3 is 2.65 bits per heavy atom. The van der Waals surface area contributed by atoms with Crippen molar-refractivity contribution in [2.75, 3.05) is 24.4 Å². The zero-order chi connectivity index (χ0) is 14.6. The molecule has 0 aliphatic carbocycles. The van der Waals surface area contributed by atoms with Crippen molar-refractivity contribution in [1.82, 2.24) is 4.31 Å². The van der Waals surface area contributed by atoms with Crippen LogP contribution in [0.5, 0.6) is 0 Å². The molecule has 0 amide bonds. The minimum absolute atomic E-state index is 0.192. The lowest BCUT2D eigenvalue weighted by Gasteiger charge is -2.17. The lowest BCUT2D eigenvalue weighted by atomic mass is 10.1. The summed E-state index contributed by atoms with van der Waals surface area (Å²) in [6.45, 7) is 2.82. The van der Waals surface area contributed by atoms with E-state index in [4.69, 9.17) is 5.11 Å². The van der Waals surface area contributed by atoms with Gasteiger partial charge in [-0.1, -0.05) is 11.8 Å². The van der Waals surface area contributed by atoms with Gasteiger partial charge in [0.05, 0.1) is 5.69 Å². The molecule has 6 heteroatoms. The summed E-state index contributed by atoms with van der Waals surface area (Å²) in [7, 11) is -3.45. The molecule has 20 heavy (non-hydrogen) atoms. The first-order valence-electron chi connectivity index (χ1n) is 6.51. The molecule has 1 fully saturated rings. The highest BCUT2D eigenvalue weighted by Gasteiger charge is 2.25. The second kappa shape index (κ2) is 6.27. The van der Waals surface area contributed by atoms with Gasteiger partial charge in [-0.3, -0.25) is 4.72 Å². The maximum Gasteiger partial charge on any atom is 0.301 e. The number of nitrogens with one attached hydrogen (secondary N) is 1. The molecule has 0 saturated carbocycles. The van der Waals surface area contributed by atoms with Crippen molar-refractivity contribution in [3.8, 4) is 11.8 Å². The first-order valence-corrected chi connectivity index (χ1v) is 7.95. The second-order valence-corrected chi connectivity index (χ2v) is 6.37. The number of benzene rings is 1. The first-order chi connectivity index (χ1) is 9.53. The number of aliphatic hydroxyl groups is 1. The molecule has 5 nitrogen and oxygen atoms in total. The van der Waals surface area contributed by atoms with Crippen molar-refractivity contribution in [1.29, 1.82) is 0 Å². The van der Waals surface area contributed by atoms with Gasteiger partial charge >= 0.3 is 10.2 Å². The average Bonchev–Trinajstić information content (AvgIpc) is 2.92. The summed E-state index contributed by atoms with van der Waals surface area (Å²) in [5.74, 6) is 5.40. The molecule has 0 atom stereocenters. The molecule has 0 bridgehead atoms. The molecular weight excluding hydrogens is 276 g/mol. The quantitative estimate of drug-likeness (QED) is 0.820. The summed E-state index contributed by atoms with van der Waals surface area (Å²) >= 11 is 0. The van der Waals surface area contributed by atoms with Crippen LogP contribution in [0.15, 0.2) is 18.2 Å². The van der Waals surface area contributed by atoms with Gasteiger partial charge < -0.3 is 5.11 Å². The Morgan fingerprint density at radius 2 is 2.05 bits per heavy atom. The highest BCUT2D eigenvalue weighted by atomic mass is 32.2. The van der Waals surface area contributed by atoms with Crippen LogP contribution in [0.2, 0.25) is 0 Å². The zero-order valence-corrected chi connectivity index (χ0v) is 12.2.